The van der Waals surface area contributed by atoms with Gasteiger partial charge in [-0.3, -0.25) is 0 Å². The topological polar surface area (TPSA) is 88.1 Å². The molecule has 108 valence electrons. The third kappa shape index (κ3) is 3.16. The molecule has 3 unspecified atom stereocenters. The van der Waals surface area contributed by atoms with Crippen LogP contribution in [0, 0.1) is 5.92 Å². The van der Waals surface area contributed by atoms with Crippen LogP contribution in [0.4, 0.5) is 4.79 Å². The van der Waals surface area contributed by atoms with E-state index in [9.17, 15) is 9.59 Å². The molecule has 3 atom stereocenters. The largest absolute Gasteiger partial charge is 0.480 e. The lowest BCUT2D eigenvalue weighted by Gasteiger charge is -2.20. The number of carboxylic acid groups (broad SMARTS) is 1. The summed E-state index contributed by atoms with van der Waals surface area (Å²) in [5.74, 6) is -0.901. The van der Waals surface area contributed by atoms with E-state index in [0.29, 0.717) is 13.1 Å². The van der Waals surface area contributed by atoms with Crippen LogP contribution in [0.3, 0.4) is 0 Å². The molecule has 2 aliphatic rings. The second kappa shape index (κ2) is 5.75. The highest BCUT2D eigenvalue weighted by atomic mass is 16.5. The molecule has 1 heterocycles. The number of carbonyl (C=O) groups is 2. The number of carbonyl (C=O) groups excluding carboxylic acids is 1. The van der Waals surface area contributed by atoms with Gasteiger partial charge in [-0.1, -0.05) is 0 Å². The number of ether oxygens (including phenoxy) is 2. The summed E-state index contributed by atoms with van der Waals surface area (Å²) in [6.45, 7) is 0.829. The van der Waals surface area contributed by atoms with E-state index in [1.807, 2.05) is 0 Å². The summed E-state index contributed by atoms with van der Waals surface area (Å²) in [6.07, 6.45) is 1.39. The molecule has 0 spiro atoms. The summed E-state index contributed by atoms with van der Waals surface area (Å²) in [7, 11) is 3.14. The van der Waals surface area contributed by atoms with Crippen LogP contribution >= 0.6 is 0 Å². The Balaban J connectivity index is 1.91. The predicted molar refractivity (Wildman–Crippen MR) is 65.8 cm³/mol. The van der Waals surface area contributed by atoms with Crippen LogP contribution in [0.5, 0.6) is 0 Å². The van der Waals surface area contributed by atoms with Crippen molar-refractivity contribution in [3.05, 3.63) is 0 Å². The van der Waals surface area contributed by atoms with Crippen molar-refractivity contribution in [2.24, 2.45) is 5.92 Å². The molecule has 19 heavy (non-hydrogen) atoms. The van der Waals surface area contributed by atoms with Crippen molar-refractivity contribution in [1.82, 2.24) is 10.2 Å². The molecule has 2 N–H and O–H groups in total. The van der Waals surface area contributed by atoms with Gasteiger partial charge in [0, 0.05) is 14.2 Å². The number of urea groups is 1. The number of amides is 2. The number of nitrogens with one attached hydrogen (secondary N) is 1. The van der Waals surface area contributed by atoms with Gasteiger partial charge in [-0.05, 0) is 18.8 Å². The zero-order valence-electron chi connectivity index (χ0n) is 11.2. The molecular formula is C12H20N2O5. The molecule has 7 nitrogen and oxygen atoms in total. The van der Waals surface area contributed by atoms with Crippen molar-refractivity contribution in [1.29, 1.82) is 0 Å². The van der Waals surface area contributed by atoms with Gasteiger partial charge in [-0.2, -0.15) is 0 Å². The van der Waals surface area contributed by atoms with Gasteiger partial charge in [0.05, 0.1) is 13.1 Å². The van der Waals surface area contributed by atoms with Crippen LogP contribution in [-0.2, 0) is 14.3 Å². The first-order valence-corrected chi connectivity index (χ1v) is 6.40. The number of nitrogens with zero attached hydrogens (tertiary/aromatic N) is 1. The zero-order chi connectivity index (χ0) is 14.0. The lowest BCUT2D eigenvalue weighted by Crippen LogP contribution is -2.48. The van der Waals surface area contributed by atoms with Crippen LogP contribution in [0.25, 0.3) is 0 Å². The minimum Gasteiger partial charge on any atom is -0.480 e. The van der Waals surface area contributed by atoms with Crippen LogP contribution in [-0.4, -0.2) is 67.6 Å². The normalized spacial score (nSPS) is 28.2. The van der Waals surface area contributed by atoms with Crippen molar-refractivity contribution in [3.63, 3.8) is 0 Å². The fourth-order valence-electron chi connectivity index (χ4n) is 2.40. The van der Waals surface area contributed by atoms with Crippen LogP contribution < -0.4 is 5.32 Å². The van der Waals surface area contributed by atoms with Gasteiger partial charge in [0.25, 0.3) is 0 Å². The number of hydrogen-bond donors (Lipinski definition) is 2. The van der Waals surface area contributed by atoms with E-state index in [2.05, 4.69) is 5.32 Å². The highest BCUT2D eigenvalue weighted by Crippen LogP contribution is 2.33. The minimum atomic E-state index is -0.971. The number of hydrogen-bond acceptors (Lipinski definition) is 4. The van der Waals surface area contributed by atoms with Crippen LogP contribution in [0.2, 0.25) is 0 Å². The molecule has 0 aromatic heterocycles. The first-order chi connectivity index (χ1) is 9.06. The van der Waals surface area contributed by atoms with Crippen LogP contribution in [0.15, 0.2) is 0 Å². The second-order valence-electron chi connectivity index (χ2n) is 5.06. The SMILES string of the molecule is COC1CN(C(=O)NC(C(=O)O)C2CC2)CC1OC. The molecule has 2 rings (SSSR count). The van der Waals surface area contributed by atoms with Crippen molar-refractivity contribution in [2.45, 2.75) is 31.1 Å². The van der Waals surface area contributed by atoms with E-state index in [1.165, 1.54) is 0 Å². The van der Waals surface area contributed by atoms with Gasteiger partial charge in [0.15, 0.2) is 0 Å². The number of aliphatic carboxylic acids is 1. The maximum atomic E-state index is 12.1. The quantitative estimate of drug-likeness (QED) is 0.730. The van der Waals surface area contributed by atoms with Crippen molar-refractivity contribution in [2.75, 3.05) is 27.3 Å². The molecule has 0 bridgehead atoms. The highest BCUT2D eigenvalue weighted by molar-refractivity contribution is 5.83. The van der Waals surface area contributed by atoms with Gasteiger partial charge in [-0.15, -0.1) is 0 Å². The average molecular weight is 272 g/mol. The lowest BCUT2D eigenvalue weighted by molar-refractivity contribution is -0.139. The second-order valence-corrected chi connectivity index (χ2v) is 5.06. The number of likely N-dealkylation sites (tertiary alicyclic amines) is 1. The number of methoxy groups -OCH3 is 2. The fraction of sp³-hybridized carbons (Fsp3) is 0.833. The maximum Gasteiger partial charge on any atom is 0.326 e. The van der Waals surface area contributed by atoms with Crippen molar-refractivity contribution < 1.29 is 24.2 Å². The number of rotatable bonds is 5. The van der Waals surface area contributed by atoms with Gasteiger partial charge < -0.3 is 24.8 Å². The molecule has 7 heteroatoms. The van der Waals surface area contributed by atoms with E-state index in [1.54, 1.807) is 19.1 Å². The highest BCUT2D eigenvalue weighted by Gasteiger charge is 2.40. The summed E-state index contributed by atoms with van der Waals surface area (Å²) in [5, 5.41) is 11.7. The van der Waals surface area contributed by atoms with Crippen LogP contribution in [0.1, 0.15) is 12.8 Å². The van der Waals surface area contributed by atoms with Gasteiger partial charge >= 0.3 is 12.0 Å². The van der Waals surface area contributed by atoms with E-state index >= 15 is 0 Å². The molecule has 2 fully saturated rings. The van der Waals surface area contributed by atoms with Gasteiger partial charge in [0.1, 0.15) is 18.2 Å². The average Bonchev–Trinajstić information content (AvgIpc) is 3.13. The summed E-state index contributed by atoms with van der Waals surface area (Å²) in [4.78, 5) is 24.7. The maximum absolute atomic E-state index is 12.1. The fourth-order valence-corrected chi connectivity index (χ4v) is 2.40. The van der Waals surface area contributed by atoms with Crippen molar-refractivity contribution in [3.8, 4) is 0 Å². The lowest BCUT2D eigenvalue weighted by atomic mass is 10.2. The summed E-state index contributed by atoms with van der Waals surface area (Å²) in [6, 6.07) is -1.14. The summed E-state index contributed by atoms with van der Waals surface area (Å²) in [5.41, 5.74) is 0. The Bertz CT molecular complexity index is 346. The Labute approximate surface area is 111 Å². The third-order valence-corrected chi connectivity index (χ3v) is 3.75. The third-order valence-electron chi connectivity index (χ3n) is 3.75. The van der Waals surface area contributed by atoms with Crippen molar-refractivity contribution >= 4 is 12.0 Å². The molecule has 1 saturated heterocycles. The molecule has 0 radical (unpaired) electrons. The van der Waals surface area contributed by atoms with E-state index in [-0.39, 0.29) is 24.2 Å². The monoisotopic (exact) mass is 272 g/mol. The Hall–Kier alpha value is -1.34. The molecule has 2 amide bonds. The standard InChI is InChI=1S/C12H20N2O5/c1-18-8-5-14(6-9(8)19-2)12(17)13-10(11(15)16)7-3-4-7/h7-10H,3-6H2,1-2H3,(H,13,17)(H,15,16). The molecule has 0 aromatic rings. The Morgan fingerprint density at radius 3 is 2.11 bits per heavy atom. The summed E-state index contributed by atoms with van der Waals surface area (Å²) < 4.78 is 10.5. The molecule has 1 aliphatic heterocycles. The van der Waals surface area contributed by atoms with E-state index in [0.717, 1.165) is 12.8 Å². The summed E-state index contributed by atoms with van der Waals surface area (Å²) >= 11 is 0. The molecule has 1 aliphatic carbocycles. The number of carboxylic acids is 1. The first-order valence-electron chi connectivity index (χ1n) is 6.40. The Morgan fingerprint density at radius 1 is 1.21 bits per heavy atom. The molecule has 1 saturated carbocycles. The van der Waals surface area contributed by atoms with Gasteiger partial charge in [-0.25, -0.2) is 9.59 Å². The zero-order valence-corrected chi connectivity index (χ0v) is 11.2. The van der Waals surface area contributed by atoms with E-state index < -0.39 is 12.0 Å². The Morgan fingerprint density at radius 2 is 1.74 bits per heavy atom. The predicted octanol–water partition coefficient (Wildman–Crippen LogP) is -0.0952. The minimum absolute atomic E-state index is 0.0699. The Kier molecular flexibility index (Phi) is 4.26. The first kappa shape index (κ1) is 14.1. The molecular weight excluding hydrogens is 252 g/mol. The van der Waals surface area contributed by atoms with E-state index in [4.69, 9.17) is 14.6 Å². The smallest absolute Gasteiger partial charge is 0.326 e. The van der Waals surface area contributed by atoms with Gasteiger partial charge in [0.2, 0.25) is 0 Å². The molecule has 0 aromatic carbocycles.